The van der Waals surface area contributed by atoms with Crippen molar-refractivity contribution in [3.05, 3.63) is 34.7 Å². The van der Waals surface area contributed by atoms with Crippen LogP contribution in [0.15, 0.2) is 29.1 Å². The Labute approximate surface area is 198 Å². The van der Waals surface area contributed by atoms with E-state index in [0.717, 1.165) is 43.0 Å². The lowest BCUT2D eigenvalue weighted by Crippen LogP contribution is -2.48. The zero-order valence-corrected chi connectivity index (χ0v) is 21.0. The molecule has 2 atom stereocenters. The highest BCUT2D eigenvalue weighted by atomic mass is 32.2. The highest BCUT2D eigenvalue weighted by Gasteiger charge is 2.34. The maximum atomic E-state index is 13.4. The van der Waals surface area contributed by atoms with Gasteiger partial charge in [0, 0.05) is 44.7 Å². The Morgan fingerprint density at radius 1 is 1.00 bits per heavy atom. The van der Waals surface area contributed by atoms with Crippen LogP contribution in [0.5, 0.6) is 0 Å². The van der Waals surface area contributed by atoms with Crippen molar-refractivity contribution < 1.29 is 8.42 Å². The Morgan fingerprint density at radius 3 is 2.33 bits per heavy atom. The number of aryl methyl sites for hydroxylation is 1. The van der Waals surface area contributed by atoms with E-state index in [1.54, 1.807) is 0 Å². The second-order valence-electron chi connectivity index (χ2n) is 10.1. The molecule has 1 aliphatic heterocycles. The molecule has 1 aromatic carbocycles. The monoisotopic (exact) mass is 476 g/mol. The molecule has 33 heavy (non-hydrogen) atoms. The van der Waals surface area contributed by atoms with E-state index in [9.17, 15) is 13.2 Å². The van der Waals surface area contributed by atoms with E-state index in [0.29, 0.717) is 13.1 Å². The van der Waals surface area contributed by atoms with Gasteiger partial charge in [0.2, 0.25) is 10.0 Å². The first-order chi connectivity index (χ1) is 15.9. The van der Waals surface area contributed by atoms with Crippen LogP contribution in [-0.2, 0) is 16.6 Å². The maximum absolute atomic E-state index is 13.4. The Bertz CT molecular complexity index is 1080. The summed E-state index contributed by atoms with van der Waals surface area (Å²) in [7, 11) is -3.30. The van der Waals surface area contributed by atoms with Crippen LogP contribution in [0, 0.1) is 11.8 Å². The molecule has 184 valence electrons. The van der Waals surface area contributed by atoms with E-state index >= 15 is 0 Å². The lowest BCUT2D eigenvalue weighted by molar-refractivity contribution is 0.103. The van der Waals surface area contributed by atoms with Gasteiger partial charge in [-0.15, -0.1) is 0 Å². The molecule has 0 spiro atoms. The van der Waals surface area contributed by atoms with E-state index in [1.807, 2.05) is 40.3 Å². The van der Waals surface area contributed by atoms with Crippen molar-refractivity contribution in [2.24, 2.45) is 11.8 Å². The molecule has 4 rings (SSSR count). The van der Waals surface area contributed by atoms with E-state index < -0.39 is 10.0 Å². The quantitative estimate of drug-likeness (QED) is 0.663. The molecule has 2 aliphatic rings. The summed E-state index contributed by atoms with van der Waals surface area (Å²) < 4.78 is 30.4. The Hall–Kier alpha value is -1.64. The van der Waals surface area contributed by atoms with Crippen molar-refractivity contribution in [2.75, 3.05) is 32.4 Å². The largest absolute Gasteiger partial charge is 0.329 e. The van der Waals surface area contributed by atoms with E-state index in [2.05, 4.69) is 9.62 Å². The minimum Gasteiger partial charge on any atom is -0.303 e. The highest BCUT2D eigenvalue weighted by molar-refractivity contribution is 7.88. The summed E-state index contributed by atoms with van der Waals surface area (Å²) in [4.78, 5) is 15.9. The third-order valence-electron chi connectivity index (χ3n) is 7.64. The highest BCUT2D eigenvalue weighted by Crippen LogP contribution is 2.32. The number of sulfonamides is 1. The molecule has 0 amide bonds. The first-order valence-corrected chi connectivity index (χ1v) is 14.6. The molecule has 1 saturated heterocycles. The molecule has 1 saturated carbocycles. The van der Waals surface area contributed by atoms with Crippen LogP contribution in [0.2, 0.25) is 0 Å². The first kappa shape index (κ1) is 24.5. The van der Waals surface area contributed by atoms with Gasteiger partial charge in [0.1, 0.15) is 0 Å². The number of nitrogens with zero attached hydrogens (tertiary/aromatic N) is 3. The van der Waals surface area contributed by atoms with Gasteiger partial charge in [-0.05, 0) is 44.2 Å². The molecule has 8 heteroatoms. The van der Waals surface area contributed by atoms with Gasteiger partial charge < -0.3 is 4.90 Å². The van der Waals surface area contributed by atoms with Crippen LogP contribution >= 0.6 is 0 Å². The zero-order chi connectivity index (χ0) is 23.4. The number of benzene rings is 1. The van der Waals surface area contributed by atoms with Gasteiger partial charge in [0.15, 0.2) is 0 Å². The van der Waals surface area contributed by atoms with Crippen molar-refractivity contribution in [2.45, 2.75) is 70.9 Å². The minimum absolute atomic E-state index is 0.0153. The molecule has 2 heterocycles. The fourth-order valence-corrected chi connectivity index (χ4v) is 6.52. The summed E-state index contributed by atoms with van der Waals surface area (Å²) in [5.74, 6) is 0.783. The predicted octanol–water partition coefficient (Wildman–Crippen LogP) is 3.60. The Kier molecular flexibility index (Phi) is 7.97. The van der Waals surface area contributed by atoms with Crippen molar-refractivity contribution in [3.8, 4) is 0 Å². The molecule has 2 fully saturated rings. The number of para-hydroxylation sites is 2. The third-order valence-corrected chi connectivity index (χ3v) is 8.33. The van der Waals surface area contributed by atoms with Gasteiger partial charge in [0.25, 0.3) is 0 Å². The van der Waals surface area contributed by atoms with E-state index in [1.165, 1.54) is 51.2 Å². The van der Waals surface area contributed by atoms with Crippen LogP contribution in [-0.4, -0.2) is 54.9 Å². The average molecular weight is 477 g/mol. The lowest BCUT2D eigenvalue weighted by atomic mass is 9.88. The van der Waals surface area contributed by atoms with Crippen LogP contribution in [0.3, 0.4) is 0 Å². The maximum Gasteiger partial charge on any atom is 0.329 e. The number of imidazole rings is 1. The smallest absolute Gasteiger partial charge is 0.303 e. The molecular weight excluding hydrogens is 436 g/mol. The van der Waals surface area contributed by atoms with Gasteiger partial charge in [-0.1, -0.05) is 44.2 Å². The topological polar surface area (TPSA) is 76.3 Å². The molecule has 0 radical (unpaired) electrons. The molecule has 1 N–H and O–H groups in total. The number of fused-ring (bicyclic) bond motifs is 1. The van der Waals surface area contributed by atoms with Crippen LogP contribution in [0.25, 0.3) is 11.0 Å². The molecule has 2 aromatic rings. The fourth-order valence-electron chi connectivity index (χ4n) is 6.01. The second kappa shape index (κ2) is 10.7. The van der Waals surface area contributed by atoms with Gasteiger partial charge in [0.05, 0.1) is 17.3 Å². The first-order valence-electron chi connectivity index (χ1n) is 12.7. The molecule has 7 nitrogen and oxygen atoms in total. The second-order valence-corrected chi connectivity index (χ2v) is 11.9. The van der Waals surface area contributed by atoms with Crippen molar-refractivity contribution >= 4 is 21.1 Å². The Morgan fingerprint density at radius 2 is 1.67 bits per heavy atom. The van der Waals surface area contributed by atoms with E-state index in [4.69, 9.17) is 0 Å². The third kappa shape index (κ3) is 5.89. The van der Waals surface area contributed by atoms with Crippen molar-refractivity contribution in [1.82, 2.24) is 18.8 Å². The number of nitrogens with one attached hydrogen (secondary N) is 1. The number of aromatic nitrogens is 2. The van der Waals surface area contributed by atoms with Gasteiger partial charge in [-0.25, -0.2) is 17.9 Å². The molecule has 0 bridgehead atoms. The zero-order valence-electron chi connectivity index (χ0n) is 20.2. The predicted molar refractivity (Wildman–Crippen MR) is 134 cm³/mol. The summed E-state index contributed by atoms with van der Waals surface area (Å²) in [6.45, 7) is 5.85. The number of likely N-dealkylation sites (tertiary alicyclic amines) is 1. The average Bonchev–Trinajstić information content (AvgIpc) is 3.04. The molecular formula is C25H40N4O3S. The molecule has 2 unspecified atom stereocenters. The van der Waals surface area contributed by atoms with E-state index in [-0.39, 0.29) is 17.6 Å². The summed E-state index contributed by atoms with van der Waals surface area (Å²) in [5.41, 5.74) is 1.92. The Balaban J connectivity index is 1.58. The number of rotatable bonds is 7. The van der Waals surface area contributed by atoms with Gasteiger partial charge >= 0.3 is 5.69 Å². The number of hydrogen-bond donors (Lipinski definition) is 1. The minimum atomic E-state index is -3.30. The lowest BCUT2D eigenvalue weighted by Gasteiger charge is -2.40. The molecule has 1 aromatic heterocycles. The summed E-state index contributed by atoms with van der Waals surface area (Å²) in [5, 5.41) is 0. The number of hydrogen-bond acceptors (Lipinski definition) is 4. The fraction of sp³-hybridized carbons (Fsp3) is 0.720. The number of piperidine rings is 1. The van der Waals surface area contributed by atoms with Crippen LogP contribution in [0.4, 0.5) is 0 Å². The summed E-state index contributed by atoms with van der Waals surface area (Å²) in [6.07, 6.45) is 11.4. The van der Waals surface area contributed by atoms with Crippen LogP contribution < -0.4 is 10.4 Å². The summed E-state index contributed by atoms with van der Waals surface area (Å²) in [6, 6.07) is 7.96. The van der Waals surface area contributed by atoms with Gasteiger partial charge in [-0.3, -0.25) is 9.13 Å². The normalized spacial score (nSPS) is 24.1. The standard InChI is InChI=1S/C25H40N4O3S/c1-3-28-23-13-9-10-14-24(23)29(25(28)30)22-15-16-27(19-21(22)17-26-33(2,31)32)18-20-11-7-5-4-6-8-12-20/h9-10,13-14,20-22,26H,3-8,11-12,15-19H2,1-2H3. The van der Waals surface area contributed by atoms with Crippen molar-refractivity contribution in [3.63, 3.8) is 0 Å². The van der Waals surface area contributed by atoms with Crippen LogP contribution in [0.1, 0.15) is 64.3 Å². The van der Waals surface area contributed by atoms with Crippen molar-refractivity contribution in [1.29, 1.82) is 0 Å². The molecule has 1 aliphatic carbocycles. The van der Waals surface area contributed by atoms with Gasteiger partial charge in [-0.2, -0.15) is 0 Å². The summed E-state index contributed by atoms with van der Waals surface area (Å²) >= 11 is 0. The SMILES string of the molecule is CCn1c(=O)n(C2CCN(CC3CCCCCCC3)CC2CNS(C)(=O)=O)c2ccccc21.